The summed E-state index contributed by atoms with van der Waals surface area (Å²) in [4.78, 5) is 4.71. The van der Waals surface area contributed by atoms with Crippen LogP contribution in [0.15, 0.2) is 71.0 Å². The molecule has 0 aliphatic rings. The van der Waals surface area contributed by atoms with Gasteiger partial charge in [-0.15, -0.1) is 0 Å². The van der Waals surface area contributed by atoms with Gasteiger partial charge in [0, 0.05) is 24.5 Å². The van der Waals surface area contributed by atoms with Gasteiger partial charge in [-0.05, 0) is 51.3 Å². The number of methoxy groups -OCH3 is 1. The van der Waals surface area contributed by atoms with Gasteiger partial charge < -0.3 is 10.1 Å². The first-order valence-electron chi connectivity index (χ1n) is 8.49. The molecular formula is C21H30N4O. The van der Waals surface area contributed by atoms with Gasteiger partial charge >= 0.3 is 0 Å². The molecule has 0 bridgehead atoms. The van der Waals surface area contributed by atoms with Gasteiger partial charge in [0.1, 0.15) is 17.3 Å². The van der Waals surface area contributed by atoms with Crippen LogP contribution >= 0.6 is 0 Å². The lowest BCUT2D eigenvalue weighted by Gasteiger charge is -2.15. The number of ether oxygens (including phenoxy) is 1. The van der Waals surface area contributed by atoms with Crippen LogP contribution in [0.2, 0.25) is 0 Å². The number of aryl methyl sites for hydroxylation is 1. The molecule has 0 atom stereocenters. The monoisotopic (exact) mass is 354 g/mol. The van der Waals surface area contributed by atoms with Crippen molar-refractivity contribution in [2.45, 2.75) is 34.6 Å². The van der Waals surface area contributed by atoms with E-state index in [1.807, 2.05) is 66.2 Å². The molecule has 1 heterocycles. The van der Waals surface area contributed by atoms with Gasteiger partial charge in [0.25, 0.3) is 0 Å². The van der Waals surface area contributed by atoms with Gasteiger partial charge in [-0.2, -0.15) is 5.10 Å². The molecule has 0 aliphatic carbocycles. The molecule has 0 saturated carbocycles. The molecule has 0 aliphatic heterocycles. The van der Waals surface area contributed by atoms with Crippen LogP contribution in [-0.4, -0.2) is 22.7 Å². The van der Waals surface area contributed by atoms with Gasteiger partial charge in [0.15, 0.2) is 0 Å². The lowest BCUT2D eigenvalue weighted by molar-refractivity contribution is 0.301. The van der Waals surface area contributed by atoms with E-state index in [1.165, 1.54) is 0 Å². The molecule has 0 unspecified atom stereocenters. The van der Waals surface area contributed by atoms with Crippen molar-refractivity contribution < 1.29 is 4.74 Å². The molecule has 0 spiro atoms. The van der Waals surface area contributed by atoms with Crippen LogP contribution in [0.5, 0.6) is 0 Å². The first kappa shape index (κ1) is 21.2. The van der Waals surface area contributed by atoms with Crippen LogP contribution < -0.4 is 5.32 Å². The minimum Gasteiger partial charge on any atom is -0.495 e. The summed E-state index contributed by atoms with van der Waals surface area (Å²) in [5.41, 5.74) is 5.57. The van der Waals surface area contributed by atoms with E-state index in [-0.39, 0.29) is 0 Å². The zero-order chi connectivity index (χ0) is 19.9. The van der Waals surface area contributed by atoms with E-state index >= 15 is 0 Å². The summed E-state index contributed by atoms with van der Waals surface area (Å²) in [6, 6.07) is 0. The third-order valence-corrected chi connectivity index (χ3v) is 4.09. The smallest absolute Gasteiger partial charge is 0.137 e. The van der Waals surface area contributed by atoms with E-state index in [9.17, 15) is 0 Å². The highest BCUT2D eigenvalue weighted by Gasteiger charge is 2.14. The molecule has 26 heavy (non-hydrogen) atoms. The highest BCUT2D eigenvalue weighted by molar-refractivity contribution is 5.85. The number of hydrogen-bond donors (Lipinski definition) is 1. The quantitative estimate of drug-likeness (QED) is 0.333. The van der Waals surface area contributed by atoms with Crippen LogP contribution in [-0.2, 0) is 11.8 Å². The molecule has 0 aromatic carbocycles. The molecule has 140 valence electrons. The van der Waals surface area contributed by atoms with Crippen LogP contribution in [0.25, 0.3) is 5.57 Å². The van der Waals surface area contributed by atoms with Gasteiger partial charge in [0.2, 0.25) is 0 Å². The van der Waals surface area contributed by atoms with E-state index in [0.717, 1.165) is 28.0 Å². The Hall–Kier alpha value is -2.82. The van der Waals surface area contributed by atoms with E-state index in [1.54, 1.807) is 11.8 Å². The number of hydrogen-bond acceptors (Lipinski definition) is 3. The van der Waals surface area contributed by atoms with Gasteiger partial charge in [-0.25, -0.2) is 4.99 Å². The number of aliphatic imine (C=N–C) groups is 1. The average Bonchev–Trinajstić information content (AvgIpc) is 3.04. The summed E-state index contributed by atoms with van der Waals surface area (Å²) < 4.78 is 7.15. The summed E-state index contributed by atoms with van der Waals surface area (Å²) in [6.45, 7) is 17.9. The van der Waals surface area contributed by atoms with Gasteiger partial charge in [-0.1, -0.05) is 25.3 Å². The van der Waals surface area contributed by atoms with Crippen LogP contribution in [0.3, 0.4) is 0 Å². The number of allylic oxidation sites excluding steroid dienone is 5. The normalized spacial score (nSPS) is 14.0. The summed E-state index contributed by atoms with van der Waals surface area (Å²) in [5.74, 6) is 1.21. The number of nitrogens with one attached hydrogen (secondary N) is 1. The second kappa shape index (κ2) is 9.61. The first-order valence-corrected chi connectivity index (χ1v) is 8.49. The van der Waals surface area contributed by atoms with Crippen molar-refractivity contribution in [3.05, 3.63) is 71.6 Å². The molecule has 0 radical (unpaired) electrons. The van der Waals surface area contributed by atoms with Crippen molar-refractivity contribution in [2.75, 3.05) is 7.11 Å². The Balaban J connectivity index is 3.35. The highest BCUT2D eigenvalue weighted by Crippen LogP contribution is 2.28. The standard InChI is InChI=1S/C21H30N4O/c1-10-14(3)16(5)23-18(7)24-21(17(6)26-9)15(4)20(11-2)19-12-22-25(8)13-19/h10-13H,5-6H2,1-4,7-9H3,(H,23,24)/b14-10+,20-11+,21-15+. The largest absolute Gasteiger partial charge is 0.495 e. The van der Waals surface area contributed by atoms with Crippen LogP contribution in [0.1, 0.15) is 40.2 Å². The van der Waals surface area contributed by atoms with Crippen molar-refractivity contribution in [2.24, 2.45) is 12.0 Å². The Morgan fingerprint density at radius 2 is 1.88 bits per heavy atom. The fraction of sp³-hybridized carbons (Fsp3) is 0.333. The summed E-state index contributed by atoms with van der Waals surface area (Å²) in [7, 11) is 3.49. The number of aromatic nitrogens is 2. The Kier molecular flexibility index (Phi) is 7.84. The van der Waals surface area contributed by atoms with Crippen LogP contribution in [0, 0.1) is 0 Å². The lowest BCUT2D eigenvalue weighted by atomic mass is 9.99. The van der Waals surface area contributed by atoms with Crippen molar-refractivity contribution >= 4 is 11.4 Å². The maximum atomic E-state index is 5.37. The highest BCUT2D eigenvalue weighted by atomic mass is 16.5. The van der Waals surface area contributed by atoms with Gasteiger partial charge in [0.05, 0.1) is 13.3 Å². The minimum atomic E-state index is 0.500. The second-order valence-corrected chi connectivity index (χ2v) is 5.98. The number of rotatable bonds is 7. The number of nitrogens with zero attached hydrogens (tertiary/aromatic N) is 3. The molecular weight excluding hydrogens is 324 g/mol. The molecule has 1 aromatic rings. The second-order valence-electron chi connectivity index (χ2n) is 5.98. The predicted octanol–water partition coefficient (Wildman–Crippen LogP) is 4.75. The maximum Gasteiger partial charge on any atom is 0.137 e. The topological polar surface area (TPSA) is 51.4 Å². The predicted molar refractivity (Wildman–Crippen MR) is 111 cm³/mol. The molecule has 0 saturated heterocycles. The van der Waals surface area contributed by atoms with Crippen molar-refractivity contribution in [3.63, 3.8) is 0 Å². The van der Waals surface area contributed by atoms with E-state index in [4.69, 9.17) is 9.73 Å². The molecule has 0 fully saturated rings. The third-order valence-electron chi connectivity index (χ3n) is 4.09. The zero-order valence-electron chi connectivity index (χ0n) is 17.0. The van der Waals surface area contributed by atoms with E-state index < -0.39 is 0 Å². The fourth-order valence-electron chi connectivity index (χ4n) is 2.43. The number of amidine groups is 1. The Bertz CT molecular complexity index is 804. The molecule has 1 aromatic heterocycles. The Morgan fingerprint density at radius 1 is 1.23 bits per heavy atom. The lowest BCUT2D eigenvalue weighted by Crippen LogP contribution is -2.20. The van der Waals surface area contributed by atoms with E-state index in [2.05, 4.69) is 23.6 Å². The maximum absolute atomic E-state index is 5.37. The van der Waals surface area contributed by atoms with Crippen LogP contribution in [0.4, 0.5) is 0 Å². The first-order chi connectivity index (χ1) is 12.2. The Labute approximate surface area is 157 Å². The third kappa shape index (κ3) is 5.34. The molecule has 0 amide bonds. The summed E-state index contributed by atoms with van der Waals surface area (Å²) in [5, 5.41) is 7.47. The summed E-state index contributed by atoms with van der Waals surface area (Å²) in [6.07, 6.45) is 7.84. The van der Waals surface area contributed by atoms with Crippen molar-refractivity contribution in [3.8, 4) is 0 Å². The van der Waals surface area contributed by atoms with Crippen molar-refractivity contribution in [1.29, 1.82) is 0 Å². The SMILES string of the molecule is C=C(NC(C)=N/C(C(=C)OC)=C(C)/C(=C\C)c1cnn(C)c1)/C(C)=C/C. The van der Waals surface area contributed by atoms with Crippen molar-refractivity contribution in [1.82, 2.24) is 15.1 Å². The average molecular weight is 354 g/mol. The molecule has 5 nitrogen and oxygen atoms in total. The molecule has 1 N–H and O–H groups in total. The Morgan fingerprint density at radius 3 is 2.35 bits per heavy atom. The van der Waals surface area contributed by atoms with E-state index in [0.29, 0.717) is 17.3 Å². The minimum absolute atomic E-state index is 0.500. The molecule has 5 heteroatoms. The summed E-state index contributed by atoms with van der Waals surface area (Å²) >= 11 is 0. The molecule has 1 rings (SSSR count). The van der Waals surface area contributed by atoms with Gasteiger partial charge in [-0.3, -0.25) is 4.68 Å². The fourth-order valence-corrected chi connectivity index (χ4v) is 2.43. The zero-order valence-corrected chi connectivity index (χ0v) is 17.0.